The van der Waals surface area contributed by atoms with E-state index < -0.39 is 15.9 Å². The van der Waals surface area contributed by atoms with E-state index in [1.807, 2.05) is 19.1 Å². The summed E-state index contributed by atoms with van der Waals surface area (Å²) in [7, 11) is -3.13. The van der Waals surface area contributed by atoms with E-state index in [4.69, 9.17) is 4.84 Å². The van der Waals surface area contributed by atoms with Crippen LogP contribution in [0.3, 0.4) is 0 Å². The van der Waals surface area contributed by atoms with Gasteiger partial charge in [0.25, 0.3) is 0 Å². The second-order valence-electron chi connectivity index (χ2n) is 4.73. The van der Waals surface area contributed by atoms with Gasteiger partial charge in [0.1, 0.15) is 0 Å². The maximum absolute atomic E-state index is 11.6. The lowest BCUT2D eigenvalue weighted by Crippen LogP contribution is -2.17. The van der Waals surface area contributed by atoms with Crippen LogP contribution in [0.25, 0.3) is 0 Å². The van der Waals surface area contributed by atoms with Gasteiger partial charge in [-0.2, -0.15) is 11.8 Å². The summed E-state index contributed by atoms with van der Waals surface area (Å²) in [6, 6.07) is 7.20. The van der Waals surface area contributed by atoms with Crippen LogP contribution in [-0.4, -0.2) is 43.2 Å². The van der Waals surface area contributed by atoms with Crippen LogP contribution in [0.15, 0.2) is 29.4 Å². The zero-order valence-electron chi connectivity index (χ0n) is 11.7. The maximum atomic E-state index is 11.6. The molecule has 0 bridgehead atoms. The van der Waals surface area contributed by atoms with Crippen molar-refractivity contribution in [1.29, 1.82) is 0 Å². The van der Waals surface area contributed by atoms with Crippen LogP contribution in [0.2, 0.25) is 0 Å². The summed E-state index contributed by atoms with van der Waals surface area (Å²) >= 11 is 1.38. The average Bonchev–Trinajstić information content (AvgIpc) is 2.73. The minimum atomic E-state index is -3.13. The summed E-state index contributed by atoms with van der Waals surface area (Å²) in [6.07, 6.45) is 1.06. The number of amides is 1. The lowest BCUT2D eigenvalue weighted by molar-refractivity contribution is 0.166. The van der Waals surface area contributed by atoms with E-state index in [0.717, 1.165) is 5.56 Å². The van der Waals surface area contributed by atoms with Crippen molar-refractivity contribution in [2.24, 2.45) is 5.16 Å². The van der Waals surface area contributed by atoms with Crippen molar-refractivity contribution >= 4 is 39.1 Å². The van der Waals surface area contributed by atoms with Gasteiger partial charge in [-0.1, -0.05) is 22.9 Å². The van der Waals surface area contributed by atoms with Crippen molar-refractivity contribution in [1.82, 2.24) is 0 Å². The summed E-state index contributed by atoms with van der Waals surface area (Å²) < 4.78 is 23.1. The van der Waals surface area contributed by atoms with Gasteiger partial charge in [0, 0.05) is 5.69 Å². The van der Waals surface area contributed by atoms with Crippen molar-refractivity contribution in [3.8, 4) is 0 Å². The first-order valence-corrected chi connectivity index (χ1v) is 9.35. The van der Waals surface area contributed by atoms with Crippen LogP contribution in [0.4, 0.5) is 10.5 Å². The van der Waals surface area contributed by atoms with Crippen LogP contribution in [0.5, 0.6) is 0 Å². The Labute approximate surface area is 127 Å². The highest BCUT2D eigenvalue weighted by Gasteiger charge is 2.34. The number of benzene rings is 1. The Morgan fingerprint density at radius 3 is 2.67 bits per heavy atom. The number of oxime groups is 1. The molecule has 1 aromatic carbocycles. The number of sulfone groups is 1. The summed E-state index contributed by atoms with van der Waals surface area (Å²) in [6.45, 7) is 1.94. The molecule has 1 fully saturated rings. The summed E-state index contributed by atoms with van der Waals surface area (Å²) in [5, 5.41) is 5.96. The molecular weight excluding hydrogens is 312 g/mol. The standard InChI is InChI=1S/C13H16N2O4S2/c1-9-3-5-10(6-4-9)14-13(16)19-15-11-7-21(17,18)8-12(11)20-2/h3-6,12H,7-8H2,1-2H3,(H,14,16). The van der Waals surface area contributed by atoms with Crippen LogP contribution in [0, 0.1) is 6.92 Å². The highest BCUT2D eigenvalue weighted by Crippen LogP contribution is 2.20. The Bertz CT molecular complexity index is 653. The Balaban J connectivity index is 1.97. The largest absolute Gasteiger partial charge is 0.437 e. The van der Waals surface area contributed by atoms with Gasteiger partial charge in [0.2, 0.25) is 0 Å². The van der Waals surface area contributed by atoms with E-state index >= 15 is 0 Å². The summed E-state index contributed by atoms with van der Waals surface area (Å²) in [4.78, 5) is 16.4. The quantitative estimate of drug-likeness (QED) is 0.678. The molecule has 1 amide bonds. The zero-order valence-corrected chi connectivity index (χ0v) is 13.3. The highest BCUT2D eigenvalue weighted by atomic mass is 32.2. The molecule has 6 nitrogen and oxygen atoms in total. The van der Waals surface area contributed by atoms with Gasteiger partial charge in [-0.15, -0.1) is 0 Å². The second-order valence-corrected chi connectivity index (χ2v) is 7.88. The number of nitrogens with one attached hydrogen (secondary N) is 1. The number of carbonyl (C=O) groups is 1. The summed E-state index contributed by atoms with van der Waals surface area (Å²) in [5.74, 6) is -0.119. The molecule has 21 heavy (non-hydrogen) atoms. The van der Waals surface area contributed by atoms with Crippen molar-refractivity contribution in [3.05, 3.63) is 29.8 Å². The van der Waals surface area contributed by atoms with E-state index in [1.54, 1.807) is 18.4 Å². The van der Waals surface area contributed by atoms with Gasteiger partial charge in [-0.05, 0) is 25.3 Å². The lowest BCUT2D eigenvalue weighted by Gasteiger charge is -2.06. The molecule has 1 saturated heterocycles. The number of thioether (sulfide) groups is 1. The first-order chi connectivity index (χ1) is 9.89. The molecule has 8 heteroatoms. The second kappa shape index (κ2) is 6.48. The van der Waals surface area contributed by atoms with Crippen molar-refractivity contribution in [3.63, 3.8) is 0 Å². The molecule has 1 aliphatic rings. The van der Waals surface area contributed by atoms with E-state index in [1.165, 1.54) is 11.8 Å². The molecule has 0 spiro atoms. The lowest BCUT2D eigenvalue weighted by atomic mass is 10.2. The van der Waals surface area contributed by atoms with Gasteiger partial charge in [0.15, 0.2) is 9.84 Å². The third-order valence-corrected chi connectivity index (χ3v) is 5.77. The van der Waals surface area contributed by atoms with Crippen LogP contribution in [0.1, 0.15) is 5.56 Å². The zero-order chi connectivity index (χ0) is 15.5. The van der Waals surface area contributed by atoms with Crippen molar-refractivity contribution < 1.29 is 18.0 Å². The number of nitrogens with zero attached hydrogens (tertiary/aromatic N) is 1. The Morgan fingerprint density at radius 2 is 2.05 bits per heavy atom. The fraction of sp³-hybridized carbons (Fsp3) is 0.385. The molecule has 0 aromatic heterocycles. The topological polar surface area (TPSA) is 84.8 Å². The fourth-order valence-electron chi connectivity index (χ4n) is 1.87. The highest BCUT2D eigenvalue weighted by molar-refractivity contribution is 8.02. The molecule has 1 N–H and O–H groups in total. The SMILES string of the molecule is CSC1CS(=O)(=O)CC1=NOC(=O)Nc1ccc(C)cc1. The number of anilines is 1. The number of hydrogen-bond acceptors (Lipinski definition) is 6. The maximum Gasteiger partial charge on any atom is 0.437 e. The van der Waals surface area contributed by atoms with Crippen LogP contribution < -0.4 is 5.32 Å². The molecular formula is C13H16N2O4S2. The molecule has 1 aromatic rings. The normalized spacial score (nSPS) is 22.2. The minimum absolute atomic E-state index is 0.0376. The van der Waals surface area contributed by atoms with Crippen LogP contribution >= 0.6 is 11.8 Å². The monoisotopic (exact) mass is 328 g/mol. The number of rotatable bonds is 3. The first kappa shape index (κ1) is 15.8. The first-order valence-electron chi connectivity index (χ1n) is 6.24. The van der Waals surface area contributed by atoms with Gasteiger partial charge in [-0.3, -0.25) is 10.2 Å². The Hall–Kier alpha value is -1.54. The van der Waals surface area contributed by atoms with E-state index in [-0.39, 0.29) is 16.8 Å². The predicted molar refractivity (Wildman–Crippen MR) is 84.7 cm³/mol. The van der Waals surface area contributed by atoms with Crippen LogP contribution in [-0.2, 0) is 14.7 Å². The Kier molecular flexibility index (Phi) is 4.89. The molecule has 1 atom stereocenters. The van der Waals surface area contributed by atoms with E-state index in [0.29, 0.717) is 11.4 Å². The van der Waals surface area contributed by atoms with E-state index in [2.05, 4.69) is 10.5 Å². The smallest absolute Gasteiger partial charge is 0.298 e. The molecule has 0 saturated carbocycles. The molecule has 1 aliphatic heterocycles. The average molecular weight is 328 g/mol. The molecule has 0 radical (unpaired) electrons. The fourth-order valence-corrected chi connectivity index (χ4v) is 5.02. The van der Waals surface area contributed by atoms with Crippen molar-refractivity contribution in [2.45, 2.75) is 12.2 Å². The molecule has 0 aliphatic carbocycles. The van der Waals surface area contributed by atoms with Gasteiger partial charge in [0.05, 0.1) is 22.5 Å². The number of hydrogen-bond donors (Lipinski definition) is 1. The molecule has 2 rings (SSSR count). The third-order valence-electron chi connectivity index (χ3n) is 2.97. The number of carbonyl (C=O) groups excluding carboxylic acids is 1. The molecule has 1 unspecified atom stereocenters. The third kappa shape index (κ3) is 4.47. The van der Waals surface area contributed by atoms with Gasteiger partial charge < -0.3 is 0 Å². The summed E-state index contributed by atoms with van der Waals surface area (Å²) in [5.41, 5.74) is 2.04. The minimum Gasteiger partial charge on any atom is -0.298 e. The number of aryl methyl sites for hydroxylation is 1. The Morgan fingerprint density at radius 1 is 1.38 bits per heavy atom. The molecule has 114 valence electrons. The van der Waals surface area contributed by atoms with Crippen molar-refractivity contribution in [2.75, 3.05) is 23.1 Å². The van der Waals surface area contributed by atoms with Gasteiger partial charge >= 0.3 is 6.09 Å². The van der Waals surface area contributed by atoms with Gasteiger partial charge in [-0.25, -0.2) is 13.2 Å². The predicted octanol–water partition coefficient (Wildman–Crippen LogP) is 2.06. The molecule has 1 heterocycles. The van der Waals surface area contributed by atoms with E-state index in [9.17, 15) is 13.2 Å².